The highest BCUT2D eigenvalue weighted by atomic mass is 19.1. The number of likely N-dealkylation sites (tertiary alicyclic amines) is 1. The number of ether oxygens (including phenoxy) is 1. The average molecular weight is 365 g/mol. The second-order valence-electron chi connectivity index (χ2n) is 6.93. The first kappa shape index (κ1) is 18.7. The molecule has 2 N–H and O–H groups in total. The molecule has 1 aromatic rings. The molecule has 8 heteroatoms. The second kappa shape index (κ2) is 8.09. The minimum atomic E-state index is -0.825. The van der Waals surface area contributed by atoms with E-state index in [0.29, 0.717) is 25.9 Å². The van der Waals surface area contributed by atoms with Crippen LogP contribution in [0.3, 0.4) is 0 Å². The monoisotopic (exact) mass is 365 g/mol. The molecule has 7 nitrogen and oxygen atoms in total. The number of amides is 2. The maximum absolute atomic E-state index is 13.7. The number of aliphatic hydroxyl groups is 1. The highest BCUT2D eigenvalue weighted by Crippen LogP contribution is 2.29. The van der Waals surface area contributed by atoms with Crippen molar-refractivity contribution in [1.82, 2.24) is 15.2 Å². The van der Waals surface area contributed by atoms with E-state index in [2.05, 4.69) is 10.3 Å². The number of aliphatic hydroxyl groups excluding tert-OH is 1. The summed E-state index contributed by atoms with van der Waals surface area (Å²) in [4.78, 5) is 30.3. The van der Waals surface area contributed by atoms with Gasteiger partial charge in [0.2, 0.25) is 5.91 Å². The molecule has 142 valence electrons. The van der Waals surface area contributed by atoms with Crippen molar-refractivity contribution >= 4 is 11.8 Å². The molecule has 0 bridgehead atoms. The Bertz CT molecular complexity index is 664. The molecule has 26 heavy (non-hydrogen) atoms. The lowest BCUT2D eigenvalue weighted by Gasteiger charge is -2.33. The van der Waals surface area contributed by atoms with E-state index in [1.54, 1.807) is 12.0 Å². The van der Waals surface area contributed by atoms with E-state index in [1.165, 1.54) is 12.3 Å². The summed E-state index contributed by atoms with van der Waals surface area (Å²) in [6.07, 6.45) is 3.92. The van der Waals surface area contributed by atoms with Gasteiger partial charge in [0, 0.05) is 32.3 Å². The largest absolute Gasteiger partial charge is 0.391 e. The Morgan fingerprint density at radius 3 is 2.73 bits per heavy atom. The molecule has 2 amide bonds. The third-order valence-electron chi connectivity index (χ3n) is 5.30. The molecular formula is C18H24FN3O4. The zero-order valence-electron chi connectivity index (χ0n) is 14.7. The first-order valence-corrected chi connectivity index (χ1v) is 8.89. The Hall–Kier alpha value is -2.06. The normalized spacial score (nSPS) is 26.7. The van der Waals surface area contributed by atoms with Gasteiger partial charge in [0.1, 0.15) is 0 Å². The summed E-state index contributed by atoms with van der Waals surface area (Å²) >= 11 is 0. The molecular weight excluding hydrogens is 341 g/mol. The van der Waals surface area contributed by atoms with Crippen LogP contribution in [0.1, 0.15) is 36.0 Å². The van der Waals surface area contributed by atoms with Gasteiger partial charge in [-0.2, -0.15) is 0 Å². The minimum absolute atomic E-state index is 0.00504. The Morgan fingerprint density at radius 2 is 2.08 bits per heavy atom. The van der Waals surface area contributed by atoms with Crippen LogP contribution >= 0.6 is 0 Å². The zero-order chi connectivity index (χ0) is 18.7. The second-order valence-corrected chi connectivity index (χ2v) is 6.93. The lowest BCUT2D eigenvalue weighted by atomic mass is 10.0. The fraction of sp³-hybridized carbons (Fsp3) is 0.611. The Balaban J connectivity index is 1.57. The highest BCUT2D eigenvalue weighted by Gasteiger charge is 2.40. The highest BCUT2D eigenvalue weighted by molar-refractivity contribution is 5.94. The number of methoxy groups -OCH3 is 1. The van der Waals surface area contributed by atoms with Crippen LogP contribution in [-0.4, -0.2) is 65.3 Å². The first-order valence-electron chi connectivity index (χ1n) is 8.89. The maximum atomic E-state index is 13.7. The third-order valence-corrected chi connectivity index (χ3v) is 5.30. The van der Waals surface area contributed by atoms with Crippen LogP contribution in [0.15, 0.2) is 18.5 Å². The first-order chi connectivity index (χ1) is 12.5. The molecule has 1 saturated heterocycles. The van der Waals surface area contributed by atoms with Crippen LogP contribution in [0.2, 0.25) is 0 Å². The van der Waals surface area contributed by atoms with Gasteiger partial charge >= 0.3 is 0 Å². The van der Waals surface area contributed by atoms with Gasteiger partial charge in [-0.05, 0) is 31.7 Å². The van der Waals surface area contributed by atoms with Gasteiger partial charge < -0.3 is 20.1 Å². The predicted molar refractivity (Wildman–Crippen MR) is 90.8 cm³/mol. The lowest BCUT2D eigenvalue weighted by Crippen LogP contribution is -2.43. The smallest absolute Gasteiger partial charge is 0.254 e. The van der Waals surface area contributed by atoms with E-state index >= 15 is 0 Å². The van der Waals surface area contributed by atoms with Gasteiger partial charge in [-0.25, -0.2) is 4.39 Å². The number of rotatable bonds is 4. The van der Waals surface area contributed by atoms with Gasteiger partial charge in [0.25, 0.3) is 5.91 Å². The van der Waals surface area contributed by atoms with Crippen molar-refractivity contribution in [2.45, 2.75) is 43.9 Å². The number of halogens is 1. The quantitative estimate of drug-likeness (QED) is 0.821. The Morgan fingerprint density at radius 1 is 1.35 bits per heavy atom. The number of carbonyl (C=O) groups excluding carboxylic acids is 2. The van der Waals surface area contributed by atoms with E-state index in [1.807, 2.05) is 0 Å². The molecule has 3 atom stereocenters. The molecule has 1 aliphatic carbocycles. The van der Waals surface area contributed by atoms with Crippen LogP contribution in [0.5, 0.6) is 0 Å². The van der Waals surface area contributed by atoms with E-state index in [9.17, 15) is 19.1 Å². The summed E-state index contributed by atoms with van der Waals surface area (Å²) in [6.45, 7) is 1.28. The number of piperidine rings is 1. The van der Waals surface area contributed by atoms with Gasteiger partial charge in [0.15, 0.2) is 5.82 Å². The molecule has 0 spiro atoms. The molecule has 3 rings (SSSR count). The number of pyridine rings is 1. The summed E-state index contributed by atoms with van der Waals surface area (Å²) in [5.74, 6) is -1.66. The number of carbonyl (C=O) groups is 2. The van der Waals surface area contributed by atoms with Crippen molar-refractivity contribution in [3.05, 3.63) is 29.8 Å². The van der Waals surface area contributed by atoms with Gasteiger partial charge in [-0.1, -0.05) is 0 Å². The number of hydrogen-bond acceptors (Lipinski definition) is 5. The standard InChI is InChI=1S/C18H24FN3O4/c1-26-12-3-6-22(7-4-12)18(25)11-8-15(16(23)9-11)21-17(24)13-2-5-20-10-14(13)19/h2,5,10-12,15-16,23H,3-4,6-9H2,1H3,(H,21,24)/t11-,15+,16+/m0/s1. The summed E-state index contributed by atoms with van der Waals surface area (Å²) in [6, 6.07) is 0.717. The molecule has 2 heterocycles. The fourth-order valence-corrected chi connectivity index (χ4v) is 3.75. The van der Waals surface area contributed by atoms with Crippen LogP contribution in [0.4, 0.5) is 4.39 Å². The number of nitrogens with zero attached hydrogens (tertiary/aromatic N) is 2. The van der Waals surface area contributed by atoms with Crippen LogP contribution < -0.4 is 5.32 Å². The summed E-state index contributed by atoms with van der Waals surface area (Å²) < 4.78 is 19.0. The van der Waals surface area contributed by atoms with E-state index in [-0.39, 0.29) is 23.5 Å². The Kier molecular flexibility index (Phi) is 5.83. The van der Waals surface area contributed by atoms with Gasteiger partial charge in [-0.3, -0.25) is 14.6 Å². The minimum Gasteiger partial charge on any atom is -0.391 e. The van der Waals surface area contributed by atoms with Crippen molar-refractivity contribution in [3.8, 4) is 0 Å². The van der Waals surface area contributed by atoms with Crippen molar-refractivity contribution in [1.29, 1.82) is 0 Å². The molecule has 2 fully saturated rings. The van der Waals surface area contributed by atoms with Crippen LogP contribution in [0.25, 0.3) is 0 Å². The van der Waals surface area contributed by atoms with Gasteiger partial charge in [-0.15, -0.1) is 0 Å². The molecule has 1 aromatic heterocycles. The Labute approximate surface area is 151 Å². The van der Waals surface area contributed by atoms with Gasteiger partial charge in [0.05, 0.1) is 30.0 Å². The SMILES string of the molecule is COC1CCN(C(=O)[C@@H]2C[C@@H](O)[C@H](NC(=O)c3ccncc3F)C2)CC1. The molecule has 1 saturated carbocycles. The van der Waals surface area contributed by atoms with Crippen LogP contribution in [-0.2, 0) is 9.53 Å². The fourth-order valence-electron chi connectivity index (χ4n) is 3.75. The van der Waals surface area contributed by atoms with Crippen molar-refractivity contribution in [2.75, 3.05) is 20.2 Å². The summed E-state index contributed by atoms with van der Waals surface area (Å²) in [7, 11) is 1.67. The predicted octanol–water partition coefficient (Wildman–Crippen LogP) is 0.727. The van der Waals surface area contributed by atoms with E-state index < -0.39 is 23.9 Å². The number of aromatic nitrogens is 1. The molecule has 0 radical (unpaired) electrons. The molecule has 0 aromatic carbocycles. The van der Waals surface area contributed by atoms with Crippen molar-refractivity contribution < 1.29 is 23.8 Å². The van der Waals surface area contributed by atoms with Crippen molar-refractivity contribution in [2.24, 2.45) is 5.92 Å². The summed E-state index contributed by atoms with van der Waals surface area (Å²) in [5, 5.41) is 12.9. The average Bonchev–Trinajstić information content (AvgIpc) is 3.02. The molecule has 1 aliphatic heterocycles. The topological polar surface area (TPSA) is 91.8 Å². The maximum Gasteiger partial charge on any atom is 0.254 e. The van der Waals surface area contributed by atoms with Crippen molar-refractivity contribution in [3.63, 3.8) is 0 Å². The molecule has 2 aliphatic rings. The van der Waals surface area contributed by atoms with Crippen LogP contribution in [0, 0.1) is 11.7 Å². The number of nitrogens with one attached hydrogen (secondary N) is 1. The zero-order valence-corrected chi connectivity index (χ0v) is 14.7. The molecule has 0 unspecified atom stereocenters. The third kappa shape index (κ3) is 4.02. The summed E-state index contributed by atoms with van der Waals surface area (Å²) in [5.41, 5.74) is -0.122. The lowest BCUT2D eigenvalue weighted by molar-refractivity contribution is -0.137. The van der Waals surface area contributed by atoms with E-state index in [0.717, 1.165) is 19.0 Å². The number of hydrogen-bond donors (Lipinski definition) is 2. The van der Waals surface area contributed by atoms with E-state index in [4.69, 9.17) is 4.74 Å².